The highest BCUT2D eigenvalue weighted by atomic mass is 35.5. The average Bonchev–Trinajstić information content (AvgIpc) is 2.56. The highest BCUT2D eigenvalue weighted by Crippen LogP contribution is 2.15. The summed E-state index contributed by atoms with van der Waals surface area (Å²) in [7, 11) is -3.54. The maximum Gasteiger partial charge on any atom is 0.338 e. The second-order valence-electron chi connectivity index (χ2n) is 5.64. The molecule has 0 aliphatic carbocycles. The minimum Gasteiger partial charge on any atom is -0.462 e. The van der Waals surface area contributed by atoms with Gasteiger partial charge < -0.3 is 10.1 Å². The molecule has 1 aromatic rings. The van der Waals surface area contributed by atoms with Crippen LogP contribution in [0.3, 0.4) is 0 Å². The number of hydrogen-bond donors (Lipinski definition) is 2. The van der Waals surface area contributed by atoms with Crippen molar-refractivity contribution in [2.75, 3.05) is 26.2 Å². The number of rotatable bonds is 7. The van der Waals surface area contributed by atoms with E-state index in [-0.39, 0.29) is 23.9 Å². The van der Waals surface area contributed by atoms with Crippen molar-refractivity contribution in [2.24, 2.45) is 5.92 Å². The summed E-state index contributed by atoms with van der Waals surface area (Å²) in [5.74, 6) is 0.0758. The molecule has 1 atom stereocenters. The summed E-state index contributed by atoms with van der Waals surface area (Å²) in [4.78, 5) is 11.7. The van der Waals surface area contributed by atoms with E-state index in [1.165, 1.54) is 24.3 Å². The van der Waals surface area contributed by atoms with Crippen LogP contribution < -0.4 is 10.0 Å². The van der Waals surface area contributed by atoms with E-state index in [1.54, 1.807) is 6.92 Å². The van der Waals surface area contributed by atoms with Crippen molar-refractivity contribution in [1.29, 1.82) is 0 Å². The number of ether oxygens (including phenoxy) is 1. The van der Waals surface area contributed by atoms with Gasteiger partial charge in [-0.05, 0) is 69.5 Å². The maximum atomic E-state index is 12.2. The molecule has 0 aromatic heterocycles. The Hall–Kier alpha value is -1.15. The van der Waals surface area contributed by atoms with Crippen LogP contribution in [0.1, 0.15) is 36.5 Å². The highest BCUT2D eigenvalue weighted by Gasteiger charge is 2.17. The number of sulfonamides is 1. The van der Waals surface area contributed by atoms with E-state index in [4.69, 9.17) is 4.74 Å². The normalized spacial score (nSPS) is 17.8. The van der Waals surface area contributed by atoms with Crippen LogP contribution in [-0.2, 0) is 14.8 Å². The van der Waals surface area contributed by atoms with E-state index >= 15 is 0 Å². The number of hydrogen-bond acceptors (Lipinski definition) is 5. The van der Waals surface area contributed by atoms with Gasteiger partial charge in [-0.2, -0.15) is 0 Å². The predicted molar refractivity (Wildman–Crippen MR) is 95.0 cm³/mol. The van der Waals surface area contributed by atoms with E-state index in [9.17, 15) is 13.2 Å². The molecule has 1 aliphatic rings. The van der Waals surface area contributed by atoms with Gasteiger partial charge in [-0.15, -0.1) is 12.4 Å². The van der Waals surface area contributed by atoms with E-state index in [0.29, 0.717) is 18.0 Å². The quantitative estimate of drug-likeness (QED) is 0.710. The molecular formula is C16H25ClN2O4S. The van der Waals surface area contributed by atoms with Crippen molar-refractivity contribution in [3.8, 4) is 0 Å². The Morgan fingerprint density at radius 1 is 1.33 bits per heavy atom. The lowest BCUT2D eigenvalue weighted by atomic mass is 9.96. The first-order chi connectivity index (χ1) is 11.0. The topological polar surface area (TPSA) is 84.5 Å². The first-order valence-electron chi connectivity index (χ1n) is 8.00. The number of nitrogens with one attached hydrogen (secondary N) is 2. The minimum atomic E-state index is -3.54. The summed E-state index contributed by atoms with van der Waals surface area (Å²) in [5, 5.41) is 3.32. The fourth-order valence-electron chi connectivity index (χ4n) is 2.64. The van der Waals surface area contributed by atoms with Crippen molar-refractivity contribution >= 4 is 28.4 Å². The smallest absolute Gasteiger partial charge is 0.338 e. The van der Waals surface area contributed by atoms with Gasteiger partial charge in [0.15, 0.2) is 0 Å². The SMILES string of the molecule is CCOC(=O)c1ccc(S(=O)(=O)NCCC2CCCNC2)cc1.Cl. The number of halogens is 1. The van der Waals surface area contributed by atoms with Gasteiger partial charge in [0.05, 0.1) is 17.1 Å². The van der Waals surface area contributed by atoms with E-state index in [2.05, 4.69) is 10.0 Å². The largest absolute Gasteiger partial charge is 0.462 e. The van der Waals surface area contributed by atoms with Crippen molar-refractivity contribution in [1.82, 2.24) is 10.0 Å². The Bertz CT molecular complexity index is 613. The van der Waals surface area contributed by atoms with Gasteiger partial charge in [0.2, 0.25) is 10.0 Å². The average molecular weight is 377 g/mol. The lowest BCUT2D eigenvalue weighted by Crippen LogP contribution is -2.33. The third kappa shape index (κ3) is 6.05. The molecule has 2 rings (SSSR count). The van der Waals surface area contributed by atoms with Crippen molar-refractivity contribution < 1.29 is 17.9 Å². The second-order valence-corrected chi connectivity index (χ2v) is 7.41. The third-order valence-electron chi connectivity index (χ3n) is 3.92. The molecule has 1 aromatic carbocycles. The summed E-state index contributed by atoms with van der Waals surface area (Å²) >= 11 is 0. The molecule has 1 fully saturated rings. The Balaban J connectivity index is 0.00000288. The van der Waals surface area contributed by atoms with Crippen LogP contribution in [0.4, 0.5) is 0 Å². The molecular weight excluding hydrogens is 352 g/mol. The van der Waals surface area contributed by atoms with E-state index in [0.717, 1.165) is 32.4 Å². The standard InChI is InChI=1S/C16H24N2O4S.ClH/c1-2-22-16(19)14-5-7-15(8-6-14)23(20,21)18-11-9-13-4-3-10-17-12-13;/h5-8,13,17-18H,2-4,9-12H2,1H3;1H. The number of carbonyl (C=O) groups is 1. The lowest BCUT2D eigenvalue weighted by Gasteiger charge is -2.22. The fourth-order valence-corrected chi connectivity index (χ4v) is 3.68. The van der Waals surface area contributed by atoms with Crippen LogP contribution in [0.25, 0.3) is 0 Å². The third-order valence-corrected chi connectivity index (χ3v) is 5.40. The highest BCUT2D eigenvalue weighted by molar-refractivity contribution is 7.89. The summed E-state index contributed by atoms with van der Waals surface area (Å²) in [6, 6.07) is 5.79. The van der Waals surface area contributed by atoms with Crippen LogP contribution in [-0.4, -0.2) is 40.6 Å². The van der Waals surface area contributed by atoms with Crippen LogP contribution >= 0.6 is 12.4 Å². The maximum absolute atomic E-state index is 12.2. The van der Waals surface area contributed by atoms with Crippen LogP contribution in [0.5, 0.6) is 0 Å². The molecule has 0 spiro atoms. The summed E-state index contributed by atoms with van der Waals surface area (Å²) in [6.07, 6.45) is 3.11. The van der Waals surface area contributed by atoms with Gasteiger partial charge in [0.25, 0.3) is 0 Å². The van der Waals surface area contributed by atoms with Crippen LogP contribution in [0.2, 0.25) is 0 Å². The van der Waals surface area contributed by atoms with Gasteiger partial charge in [0, 0.05) is 6.54 Å². The van der Waals surface area contributed by atoms with Gasteiger partial charge in [-0.25, -0.2) is 17.9 Å². The second kappa shape index (κ2) is 9.98. The molecule has 1 heterocycles. The molecule has 24 heavy (non-hydrogen) atoms. The molecule has 136 valence electrons. The van der Waals surface area contributed by atoms with Gasteiger partial charge in [0.1, 0.15) is 0 Å². The zero-order valence-electron chi connectivity index (χ0n) is 13.8. The first-order valence-corrected chi connectivity index (χ1v) is 9.49. The molecule has 1 aliphatic heterocycles. The molecule has 8 heteroatoms. The molecule has 0 amide bonds. The van der Waals surface area contributed by atoms with Gasteiger partial charge in [-0.3, -0.25) is 0 Å². The zero-order valence-corrected chi connectivity index (χ0v) is 15.4. The lowest BCUT2D eigenvalue weighted by molar-refractivity contribution is 0.0526. The monoisotopic (exact) mass is 376 g/mol. The van der Waals surface area contributed by atoms with E-state index in [1.807, 2.05) is 0 Å². The molecule has 1 saturated heterocycles. The predicted octanol–water partition coefficient (Wildman–Crippen LogP) is 1.95. The number of piperidine rings is 1. The van der Waals surface area contributed by atoms with Crippen molar-refractivity contribution in [2.45, 2.75) is 31.1 Å². The Morgan fingerprint density at radius 3 is 2.62 bits per heavy atom. The molecule has 2 N–H and O–H groups in total. The minimum absolute atomic E-state index is 0. The zero-order chi connectivity index (χ0) is 16.7. The molecule has 6 nitrogen and oxygen atoms in total. The summed E-state index contributed by atoms with van der Waals surface area (Å²) < 4.78 is 32.0. The van der Waals surface area contributed by atoms with Crippen LogP contribution in [0, 0.1) is 5.92 Å². The Kier molecular flexibility index (Phi) is 8.69. The molecule has 0 radical (unpaired) electrons. The van der Waals surface area contributed by atoms with Gasteiger partial charge in [-0.1, -0.05) is 0 Å². The Morgan fingerprint density at radius 2 is 2.04 bits per heavy atom. The summed E-state index contributed by atoms with van der Waals surface area (Å²) in [6.45, 7) is 4.44. The molecule has 0 saturated carbocycles. The fraction of sp³-hybridized carbons (Fsp3) is 0.562. The van der Waals surface area contributed by atoms with E-state index < -0.39 is 16.0 Å². The Labute approximate surface area is 149 Å². The van der Waals surface area contributed by atoms with Crippen LogP contribution in [0.15, 0.2) is 29.2 Å². The van der Waals surface area contributed by atoms with Crippen molar-refractivity contribution in [3.63, 3.8) is 0 Å². The van der Waals surface area contributed by atoms with Gasteiger partial charge >= 0.3 is 5.97 Å². The number of esters is 1. The number of carbonyl (C=O) groups excluding carboxylic acids is 1. The first kappa shape index (κ1) is 20.9. The molecule has 0 bridgehead atoms. The summed E-state index contributed by atoms with van der Waals surface area (Å²) in [5.41, 5.74) is 0.346. The number of benzene rings is 1. The van der Waals surface area contributed by atoms with Crippen molar-refractivity contribution in [3.05, 3.63) is 29.8 Å². The molecule has 1 unspecified atom stereocenters.